The maximum absolute atomic E-state index is 12.5. The number of nitro groups is 1. The Labute approximate surface area is 202 Å². The predicted molar refractivity (Wildman–Crippen MR) is 135 cm³/mol. The molecule has 1 amide bonds. The minimum atomic E-state index is -1.27. The molecule has 186 valence electrons. The monoisotopic (exact) mass is 488 g/mol. The quantitative estimate of drug-likeness (QED) is 0.138. The van der Waals surface area contributed by atoms with Gasteiger partial charge in [0.05, 0.1) is 22.2 Å². The van der Waals surface area contributed by atoms with Crippen LogP contribution in [-0.4, -0.2) is 40.8 Å². The number of ether oxygens (including phenoxy) is 2. The van der Waals surface area contributed by atoms with E-state index in [2.05, 4.69) is 36.5 Å². The van der Waals surface area contributed by atoms with Crippen LogP contribution in [0.3, 0.4) is 0 Å². The fourth-order valence-corrected chi connectivity index (χ4v) is 3.93. The maximum Gasteiger partial charge on any atom is 0.408 e. The van der Waals surface area contributed by atoms with Crippen LogP contribution in [0.5, 0.6) is 0 Å². The van der Waals surface area contributed by atoms with Gasteiger partial charge in [-0.3, -0.25) is 10.1 Å². The number of para-hydroxylation sites is 1. The lowest BCUT2D eigenvalue weighted by atomic mass is 10.1. The van der Waals surface area contributed by atoms with Crippen molar-refractivity contribution in [2.75, 3.05) is 6.61 Å². The zero-order valence-corrected chi connectivity index (χ0v) is 22.0. The number of aromatic nitrogens is 2. The molecule has 0 fully saturated rings. The molecule has 1 aromatic heterocycles. The van der Waals surface area contributed by atoms with E-state index < -0.39 is 30.7 Å². The van der Waals surface area contributed by atoms with Crippen LogP contribution in [-0.2, 0) is 16.2 Å². The number of carbonyl (C=O) groups excluding carboxylic acids is 1. The Morgan fingerprint density at radius 3 is 2.59 bits per heavy atom. The molecule has 9 nitrogen and oxygen atoms in total. The normalized spacial score (nSPS) is 12.8. The molecule has 0 saturated heterocycles. The van der Waals surface area contributed by atoms with Crippen molar-refractivity contribution in [3.8, 4) is 11.3 Å². The van der Waals surface area contributed by atoms with E-state index in [1.54, 1.807) is 55.8 Å². The number of imidazole rings is 1. The van der Waals surface area contributed by atoms with E-state index in [1.165, 1.54) is 6.07 Å². The number of nitrogens with zero attached hydrogens (tertiary/aromatic N) is 3. The Hall–Kier alpha value is -2.98. The highest BCUT2D eigenvalue weighted by molar-refractivity contribution is 6.76. The van der Waals surface area contributed by atoms with Crippen LogP contribution >= 0.6 is 0 Å². The first kappa shape index (κ1) is 27.3. The van der Waals surface area contributed by atoms with Crippen LogP contribution in [0.4, 0.5) is 10.5 Å². The lowest BCUT2D eigenvalue weighted by Crippen LogP contribution is -2.36. The van der Waals surface area contributed by atoms with E-state index in [0.717, 1.165) is 6.04 Å². The van der Waals surface area contributed by atoms with Gasteiger partial charge in [-0.25, -0.2) is 9.78 Å². The summed E-state index contributed by atoms with van der Waals surface area (Å²) in [4.78, 5) is 28.3. The second-order valence-electron chi connectivity index (χ2n) is 10.3. The van der Waals surface area contributed by atoms with Crippen LogP contribution < -0.4 is 5.32 Å². The molecule has 1 atom stereocenters. The topological polar surface area (TPSA) is 109 Å². The zero-order chi connectivity index (χ0) is 25.5. The van der Waals surface area contributed by atoms with Gasteiger partial charge in [0, 0.05) is 26.9 Å². The largest absolute Gasteiger partial charge is 0.444 e. The lowest BCUT2D eigenvalue weighted by Gasteiger charge is -2.23. The molecule has 1 aromatic carbocycles. The summed E-state index contributed by atoms with van der Waals surface area (Å²) >= 11 is 0. The van der Waals surface area contributed by atoms with Crippen molar-refractivity contribution in [2.45, 2.75) is 71.3 Å². The van der Waals surface area contributed by atoms with Gasteiger partial charge in [0.2, 0.25) is 0 Å². The average Bonchev–Trinajstić information content (AvgIpc) is 3.13. The van der Waals surface area contributed by atoms with Crippen molar-refractivity contribution >= 4 is 19.9 Å². The van der Waals surface area contributed by atoms with Crippen LogP contribution in [0.1, 0.15) is 39.1 Å². The second-order valence-corrected chi connectivity index (χ2v) is 15.9. The summed E-state index contributed by atoms with van der Waals surface area (Å²) in [5, 5.41) is 14.4. The summed E-state index contributed by atoms with van der Waals surface area (Å²) in [6.45, 7) is 16.8. The van der Waals surface area contributed by atoms with Gasteiger partial charge in [-0.05, 0) is 39.3 Å². The minimum Gasteiger partial charge on any atom is -0.444 e. The van der Waals surface area contributed by atoms with Crippen LogP contribution in [0.2, 0.25) is 25.7 Å². The second kappa shape index (κ2) is 11.4. The van der Waals surface area contributed by atoms with E-state index in [-0.39, 0.29) is 12.4 Å². The minimum absolute atomic E-state index is 0.0428. The molecule has 1 heterocycles. The average molecular weight is 489 g/mol. The van der Waals surface area contributed by atoms with Gasteiger partial charge in [0.1, 0.15) is 18.2 Å². The maximum atomic E-state index is 12.5. The number of alkyl carbamates (subject to hydrolysis) is 1. The molecule has 34 heavy (non-hydrogen) atoms. The number of amides is 1. The van der Waals surface area contributed by atoms with Gasteiger partial charge in [0.25, 0.3) is 5.69 Å². The number of carbonyl (C=O) groups is 1. The van der Waals surface area contributed by atoms with Crippen LogP contribution in [0, 0.1) is 10.1 Å². The van der Waals surface area contributed by atoms with E-state index >= 15 is 0 Å². The highest BCUT2D eigenvalue weighted by atomic mass is 28.3. The van der Waals surface area contributed by atoms with Crippen LogP contribution in [0.15, 0.2) is 43.1 Å². The highest BCUT2D eigenvalue weighted by Gasteiger charge is 2.26. The van der Waals surface area contributed by atoms with Crippen molar-refractivity contribution in [1.82, 2.24) is 14.9 Å². The summed E-state index contributed by atoms with van der Waals surface area (Å²) in [5.41, 5.74) is 0.118. The fraction of sp³-hybridized carbons (Fsp3) is 0.500. The summed E-state index contributed by atoms with van der Waals surface area (Å²) in [6, 6.07) is 6.89. The van der Waals surface area contributed by atoms with Crippen molar-refractivity contribution in [3.05, 3.63) is 59.1 Å². The third-order valence-electron chi connectivity index (χ3n) is 4.82. The summed E-state index contributed by atoms with van der Waals surface area (Å²) in [7, 11) is -1.27. The molecule has 0 bridgehead atoms. The summed E-state index contributed by atoms with van der Waals surface area (Å²) < 4.78 is 13.1. The van der Waals surface area contributed by atoms with Crippen molar-refractivity contribution in [1.29, 1.82) is 0 Å². The van der Waals surface area contributed by atoms with Gasteiger partial charge in [-0.15, -0.1) is 6.58 Å². The smallest absolute Gasteiger partial charge is 0.408 e. The first-order valence-corrected chi connectivity index (χ1v) is 15.0. The van der Waals surface area contributed by atoms with Crippen molar-refractivity contribution in [2.24, 2.45) is 0 Å². The molecule has 0 aliphatic heterocycles. The molecular weight excluding hydrogens is 452 g/mol. The highest BCUT2D eigenvalue weighted by Crippen LogP contribution is 2.31. The number of rotatable bonds is 11. The van der Waals surface area contributed by atoms with E-state index in [1.807, 2.05) is 0 Å². The molecule has 1 N–H and O–H groups in total. The Bertz CT molecular complexity index is 1010. The molecule has 0 aliphatic rings. The number of nitrogens with one attached hydrogen (secondary N) is 1. The number of hydrogen-bond donors (Lipinski definition) is 1. The Morgan fingerprint density at radius 2 is 2.00 bits per heavy atom. The molecule has 10 heteroatoms. The molecular formula is C24H36N4O5Si. The van der Waals surface area contributed by atoms with E-state index in [9.17, 15) is 14.9 Å². The van der Waals surface area contributed by atoms with Crippen molar-refractivity contribution < 1.29 is 19.2 Å². The predicted octanol–water partition coefficient (Wildman–Crippen LogP) is 5.91. The van der Waals surface area contributed by atoms with Gasteiger partial charge >= 0.3 is 6.09 Å². The first-order valence-electron chi connectivity index (χ1n) is 11.3. The van der Waals surface area contributed by atoms with E-state index in [4.69, 9.17) is 9.47 Å². The molecule has 2 rings (SSSR count). The Balaban J connectivity index is 2.42. The number of benzene rings is 1. The first-order chi connectivity index (χ1) is 15.8. The van der Waals surface area contributed by atoms with Gasteiger partial charge in [0.15, 0.2) is 0 Å². The van der Waals surface area contributed by atoms with Gasteiger partial charge in [-0.1, -0.05) is 37.8 Å². The van der Waals surface area contributed by atoms with Gasteiger partial charge in [-0.2, -0.15) is 0 Å². The molecule has 0 radical (unpaired) electrons. The fourth-order valence-electron chi connectivity index (χ4n) is 3.18. The third-order valence-corrected chi connectivity index (χ3v) is 6.52. The molecule has 0 saturated carbocycles. The summed E-state index contributed by atoms with van der Waals surface area (Å²) in [5.74, 6) is 0.506. The Kier molecular flexibility index (Phi) is 9.17. The summed E-state index contributed by atoms with van der Waals surface area (Å²) in [6.07, 6.45) is 3.21. The van der Waals surface area contributed by atoms with Crippen LogP contribution in [0.25, 0.3) is 11.3 Å². The Morgan fingerprint density at radius 1 is 1.32 bits per heavy atom. The molecule has 2 aromatic rings. The third kappa shape index (κ3) is 8.42. The molecule has 0 spiro atoms. The molecule has 1 unspecified atom stereocenters. The molecule has 0 aliphatic carbocycles. The standard InChI is InChI=1S/C24H36N4O5Si/c1-8-11-19(26-23(29)33-24(2,3)4)22-25-20(18-12-9-10-13-21(18)28(30)31)16-27(22)17-32-14-15-34(5,6)7/h8-10,12-13,16,19H,1,11,14-15,17H2,2-7H3,(H,26,29). The number of hydrogen-bond acceptors (Lipinski definition) is 6. The number of nitro benzene ring substituents is 1. The SMILES string of the molecule is C=CCC(NC(=O)OC(C)(C)C)c1nc(-c2ccccc2[N+](=O)[O-])cn1COCC[Si](C)(C)C. The van der Waals surface area contributed by atoms with Gasteiger partial charge < -0.3 is 19.4 Å². The van der Waals surface area contributed by atoms with Crippen molar-refractivity contribution in [3.63, 3.8) is 0 Å². The lowest BCUT2D eigenvalue weighted by molar-refractivity contribution is -0.384. The zero-order valence-electron chi connectivity index (χ0n) is 21.0. The van der Waals surface area contributed by atoms with E-state index in [0.29, 0.717) is 30.1 Å².